The Morgan fingerprint density at radius 2 is 1.87 bits per heavy atom. The van der Waals surface area contributed by atoms with Crippen LogP contribution in [-0.4, -0.2) is 51.7 Å². The van der Waals surface area contributed by atoms with E-state index in [0.717, 1.165) is 32.1 Å². The van der Waals surface area contributed by atoms with E-state index in [4.69, 9.17) is 4.74 Å². The van der Waals surface area contributed by atoms with Gasteiger partial charge in [0.2, 0.25) is 5.91 Å². The predicted octanol–water partition coefficient (Wildman–Crippen LogP) is 3.62. The van der Waals surface area contributed by atoms with Crippen LogP contribution in [0.1, 0.15) is 78.6 Å². The van der Waals surface area contributed by atoms with Crippen LogP contribution in [0.5, 0.6) is 0 Å². The van der Waals surface area contributed by atoms with Gasteiger partial charge in [-0.3, -0.25) is 10.1 Å². The number of alkyl carbamates (subject to hydrolysis) is 1. The maximum atomic E-state index is 11.2. The van der Waals surface area contributed by atoms with Gasteiger partial charge in [-0.05, 0) is 44.9 Å². The molecule has 7 nitrogen and oxygen atoms in total. The Morgan fingerprint density at radius 3 is 2.55 bits per heavy atom. The second-order valence-corrected chi connectivity index (χ2v) is 8.80. The van der Waals surface area contributed by atoms with Gasteiger partial charge in [-0.1, -0.05) is 50.5 Å². The van der Waals surface area contributed by atoms with Gasteiger partial charge in [0.05, 0.1) is 24.4 Å². The first kappa shape index (κ1) is 27.3. The van der Waals surface area contributed by atoms with Gasteiger partial charge in [-0.15, -0.1) is 0 Å². The Bertz CT molecular complexity index is 601. The van der Waals surface area contributed by atoms with Crippen LogP contribution in [-0.2, 0) is 9.53 Å². The number of hydrogen-bond acceptors (Lipinski definition) is 6. The Labute approximate surface area is 186 Å². The molecule has 0 aliphatic heterocycles. The van der Waals surface area contributed by atoms with Crippen LogP contribution < -0.4 is 5.32 Å². The summed E-state index contributed by atoms with van der Waals surface area (Å²) in [6, 6.07) is 0. The Balaban J connectivity index is 2.39. The smallest absolute Gasteiger partial charge is 0.413 e. The van der Waals surface area contributed by atoms with E-state index < -0.39 is 29.8 Å². The van der Waals surface area contributed by atoms with Crippen molar-refractivity contribution in [2.24, 2.45) is 11.8 Å². The van der Waals surface area contributed by atoms with E-state index in [9.17, 15) is 24.9 Å². The first-order chi connectivity index (χ1) is 14.7. The molecule has 178 valence electrons. The summed E-state index contributed by atoms with van der Waals surface area (Å²) in [5.41, 5.74) is -0.897. The fourth-order valence-corrected chi connectivity index (χ4v) is 3.92. The van der Waals surface area contributed by atoms with Gasteiger partial charge in [0.1, 0.15) is 0 Å². The Kier molecular flexibility index (Phi) is 12.7. The molecule has 0 heterocycles. The minimum absolute atomic E-state index is 0.0763. The van der Waals surface area contributed by atoms with Gasteiger partial charge < -0.3 is 20.1 Å². The minimum atomic E-state index is -0.897. The van der Waals surface area contributed by atoms with Crippen LogP contribution >= 0.6 is 0 Å². The Morgan fingerprint density at radius 1 is 1.13 bits per heavy atom. The van der Waals surface area contributed by atoms with Gasteiger partial charge in [-0.25, -0.2) is 4.79 Å². The largest absolute Gasteiger partial charge is 0.449 e. The van der Waals surface area contributed by atoms with E-state index in [1.165, 1.54) is 6.92 Å². The molecule has 0 spiro atoms. The van der Waals surface area contributed by atoms with Crippen molar-refractivity contribution in [2.45, 2.75) is 96.4 Å². The molecule has 1 aliphatic rings. The number of rotatable bonds is 13. The molecule has 0 saturated heterocycles. The molecule has 0 unspecified atom stereocenters. The van der Waals surface area contributed by atoms with Crippen LogP contribution in [0.3, 0.4) is 0 Å². The molecule has 31 heavy (non-hydrogen) atoms. The third-order valence-electron chi connectivity index (χ3n) is 5.73. The molecule has 1 aliphatic carbocycles. The van der Waals surface area contributed by atoms with Gasteiger partial charge >= 0.3 is 6.09 Å². The molecular formula is C24H41NO6. The molecule has 1 saturated carbocycles. The fourth-order valence-electron chi connectivity index (χ4n) is 3.92. The molecule has 1 fully saturated rings. The van der Waals surface area contributed by atoms with Crippen molar-refractivity contribution in [1.82, 2.24) is 5.32 Å². The molecule has 5 atom stereocenters. The lowest BCUT2D eigenvalue weighted by molar-refractivity contribution is -0.118. The number of allylic oxidation sites excluding steroid dienone is 2. The first-order valence-electron chi connectivity index (χ1n) is 11.5. The van der Waals surface area contributed by atoms with Gasteiger partial charge in [0, 0.05) is 19.3 Å². The van der Waals surface area contributed by atoms with E-state index in [2.05, 4.69) is 6.92 Å². The second kappa shape index (κ2) is 14.4. The van der Waals surface area contributed by atoms with E-state index in [1.54, 1.807) is 13.0 Å². The summed E-state index contributed by atoms with van der Waals surface area (Å²) in [6.07, 6.45) is 13.0. The predicted molar refractivity (Wildman–Crippen MR) is 120 cm³/mol. The first-order valence-corrected chi connectivity index (χ1v) is 11.5. The lowest BCUT2D eigenvalue weighted by Crippen LogP contribution is -2.28. The third-order valence-corrected chi connectivity index (χ3v) is 5.73. The molecule has 2 amide bonds. The van der Waals surface area contributed by atoms with E-state index in [0.29, 0.717) is 25.7 Å². The quantitative estimate of drug-likeness (QED) is 0.257. The van der Waals surface area contributed by atoms with E-state index >= 15 is 0 Å². The highest BCUT2D eigenvalue weighted by Crippen LogP contribution is 2.37. The fraction of sp³-hybridized carbons (Fsp3) is 0.750. The van der Waals surface area contributed by atoms with E-state index in [1.807, 2.05) is 23.5 Å². The normalized spacial score (nSPS) is 25.7. The number of hydrogen-bond donors (Lipinski definition) is 4. The van der Waals surface area contributed by atoms with Crippen LogP contribution in [0.4, 0.5) is 4.79 Å². The van der Waals surface area contributed by atoms with Crippen LogP contribution in [0.25, 0.3) is 0 Å². The molecule has 0 radical (unpaired) electrons. The number of nitrogens with one attached hydrogen (secondary N) is 1. The van der Waals surface area contributed by atoms with Gasteiger partial charge in [0.15, 0.2) is 0 Å². The maximum absolute atomic E-state index is 11.2. The number of aliphatic hydroxyl groups excluding tert-OH is 2. The number of imide groups is 1. The van der Waals surface area contributed by atoms with Crippen molar-refractivity contribution < 1.29 is 29.6 Å². The van der Waals surface area contributed by atoms with Crippen molar-refractivity contribution >= 4 is 12.0 Å². The summed E-state index contributed by atoms with van der Waals surface area (Å²) in [7, 11) is 0. The van der Waals surface area contributed by atoms with Crippen LogP contribution in [0.15, 0.2) is 24.3 Å². The molecule has 0 bridgehead atoms. The summed E-state index contributed by atoms with van der Waals surface area (Å²) in [6.45, 7) is 5.43. The average molecular weight is 440 g/mol. The lowest BCUT2D eigenvalue weighted by atomic mass is 9.88. The standard InChI is InChI=1S/C24H41NO6/c1-4-5-10-14-24(3,30)15-13-20-19(21(27)17-22(20)28)12-9-7-6-8-11-16-31-23(29)25-18(2)26/h7,9,13,15,19-22,27-28,30H,4-6,8,10-12,14,16-17H2,1-3H3,(H,25,26,29)/b9-7-,15-13+/t19-,20-,21+,22-,24+/m1/s1. The van der Waals surface area contributed by atoms with Crippen molar-refractivity contribution in [3.63, 3.8) is 0 Å². The zero-order valence-corrected chi connectivity index (χ0v) is 19.3. The Hall–Kier alpha value is -1.70. The number of aliphatic hydroxyl groups is 3. The molecule has 7 heteroatoms. The van der Waals surface area contributed by atoms with Crippen molar-refractivity contribution in [1.29, 1.82) is 0 Å². The zero-order chi connectivity index (χ0) is 23.3. The topological polar surface area (TPSA) is 116 Å². The van der Waals surface area contributed by atoms with Crippen LogP contribution in [0, 0.1) is 11.8 Å². The summed E-state index contributed by atoms with van der Waals surface area (Å²) in [4.78, 5) is 21.9. The summed E-state index contributed by atoms with van der Waals surface area (Å²) in [5.74, 6) is -0.696. The SMILES string of the molecule is CCCCC[C@](C)(O)/C=C/[C@@H]1[C@@H](C/C=C\CCCCOC(=O)NC(C)=O)[C@@H](O)C[C@H]1O. The summed E-state index contributed by atoms with van der Waals surface area (Å²) >= 11 is 0. The number of ether oxygens (including phenoxy) is 1. The molecule has 4 N–H and O–H groups in total. The van der Waals surface area contributed by atoms with Gasteiger partial charge in [0.25, 0.3) is 0 Å². The number of carbonyl (C=O) groups excluding carboxylic acids is 2. The highest BCUT2D eigenvalue weighted by atomic mass is 16.5. The average Bonchev–Trinajstić information content (AvgIpc) is 2.94. The highest BCUT2D eigenvalue weighted by molar-refractivity contribution is 5.90. The summed E-state index contributed by atoms with van der Waals surface area (Å²) in [5, 5.41) is 33.3. The van der Waals surface area contributed by atoms with Gasteiger partial charge in [-0.2, -0.15) is 0 Å². The van der Waals surface area contributed by atoms with E-state index in [-0.39, 0.29) is 18.4 Å². The number of unbranched alkanes of at least 4 members (excludes halogenated alkanes) is 4. The number of amides is 2. The van der Waals surface area contributed by atoms with Crippen molar-refractivity contribution in [3.05, 3.63) is 24.3 Å². The monoisotopic (exact) mass is 439 g/mol. The highest BCUT2D eigenvalue weighted by Gasteiger charge is 2.39. The summed E-state index contributed by atoms with van der Waals surface area (Å²) < 4.78 is 4.88. The van der Waals surface area contributed by atoms with Crippen molar-refractivity contribution in [2.75, 3.05) is 6.61 Å². The zero-order valence-electron chi connectivity index (χ0n) is 19.3. The molecular weight excluding hydrogens is 398 g/mol. The second-order valence-electron chi connectivity index (χ2n) is 8.80. The molecule has 0 aromatic rings. The minimum Gasteiger partial charge on any atom is -0.449 e. The molecule has 1 rings (SSSR count). The number of carbonyl (C=O) groups is 2. The third kappa shape index (κ3) is 11.5. The molecule has 0 aromatic carbocycles. The maximum Gasteiger partial charge on any atom is 0.413 e. The molecule has 0 aromatic heterocycles. The van der Waals surface area contributed by atoms with Crippen molar-refractivity contribution in [3.8, 4) is 0 Å². The lowest BCUT2D eigenvalue weighted by Gasteiger charge is -2.23. The van der Waals surface area contributed by atoms with Crippen LogP contribution in [0.2, 0.25) is 0 Å².